The number of nitrogens with one attached hydrogen (secondary N) is 1. The molecule has 0 radical (unpaired) electrons. The molecule has 0 bridgehead atoms. The van der Waals surface area contributed by atoms with Crippen LogP contribution in [0, 0.1) is 11.6 Å². The van der Waals surface area contributed by atoms with Gasteiger partial charge in [-0.2, -0.15) is 0 Å². The highest BCUT2D eigenvalue weighted by Crippen LogP contribution is 2.26. The lowest BCUT2D eigenvalue weighted by Crippen LogP contribution is -2.23. The van der Waals surface area contributed by atoms with E-state index in [1.54, 1.807) is 30.3 Å². The minimum Gasteiger partial charge on any atom is -0.367 e. The Bertz CT molecular complexity index is 626. The number of amides is 1. The molecular weight excluding hydrogens is 344 g/mol. The van der Waals surface area contributed by atoms with E-state index in [2.05, 4.69) is 21.2 Å². The largest absolute Gasteiger partial charge is 0.367 e. The lowest BCUT2D eigenvalue weighted by Gasteiger charge is -2.16. The topological polar surface area (TPSA) is 38.3 Å². The maximum absolute atomic E-state index is 13.7. The summed E-state index contributed by atoms with van der Waals surface area (Å²) in [5.41, 5.74) is 0.0941. The van der Waals surface area contributed by atoms with Gasteiger partial charge in [-0.05, 0) is 17.7 Å². The van der Waals surface area contributed by atoms with Gasteiger partial charge in [0.15, 0.2) is 17.7 Å². The van der Waals surface area contributed by atoms with E-state index < -0.39 is 29.3 Å². The fourth-order valence-electron chi connectivity index (χ4n) is 1.87. The number of ether oxygens (including phenoxy) is 1. The minimum atomic E-state index is -0.950. The highest BCUT2D eigenvalue weighted by atomic mass is 79.9. The number of carbonyl (C=O) groups excluding carboxylic acids is 1. The lowest BCUT2D eigenvalue weighted by molar-refractivity contribution is -0.126. The lowest BCUT2D eigenvalue weighted by atomic mass is 10.1. The van der Waals surface area contributed by atoms with Crippen molar-refractivity contribution in [3.05, 3.63) is 64.1 Å². The molecule has 1 unspecified atom stereocenters. The highest BCUT2D eigenvalue weighted by molar-refractivity contribution is 9.10. The van der Waals surface area contributed by atoms with Crippen molar-refractivity contribution in [2.24, 2.45) is 0 Å². The van der Waals surface area contributed by atoms with Gasteiger partial charge in [-0.1, -0.05) is 46.3 Å². The summed E-state index contributed by atoms with van der Waals surface area (Å²) in [5, 5.41) is 2.22. The first-order valence-electron chi connectivity index (χ1n) is 6.06. The molecule has 3 nitrogen and oxygen atoms in total. The van der Waals surface area contributed by atoms with Crippen LogP contribution in [0.3, 0.4) is 0 Å². The second-order valence-electron chi connectivity index (χ2n) is 4.26. The zero-order valence-corrected chi connectivity index (χ0v) is 12.7. The number of anilines is 1. The normalized spacial score (nSPS) is 12.0. The molecule has 1 amide bonds. The summed E-state index contributed by atoms with van der Waals surface area (Å²) in [6.45, 7) is 0. The standard InChI is InChI=1S/C15H12BrF2NO2/c1-21-14(9-5-3-2-4-6-9)15(20)19-13-11(17)7-10(16)8-12(13)18/h2-8,14H,1H3,(H,19,20). The second-order valence-corrected chi connectivity index (χ2v) is 5.18. The summed E-state index contributed by atoms with van der Waals surface area (Å²) in [5.74, 6) is -2.37. The average Bonchev–Trinajstić information content (AvgIpc) is 2.45. The van der Waals surface area contributed by atoms with Crippen molar-refractivity contribution >= 4 is 27.5 Å². The van der Waals surface area contributed by atoms with Gasteiger partial charge in [0.05, 0.1) is 0 Å². The van der Waals surface area contributed by atoms with Crippen molar-refractivity contribution in [2.45, 2.75) is 6.10 Å². The van der Waals surface area contributed by atoms with Gasteiger partial charge in [-0.3, -0.25) is 4.79 Å². The summed E-state index contributed by atoms with van der Waals surface area (Å²) in [6.07, 6.45) is -0.950. The van der Waals surface area contributed by atoms with E-state index >= 15 is 0 Å². The third-order valence-electron chi connectivity index (χ3n) is 2.83. The van der Waals surface area contributed by atoms with Crippen molar-refractivity contribution in [3.8, 4) is 0 Å². The van der Waals surface area contributed by atoms with Crippen LogP contribution >= 0.6 is 15.9 Å². The van der Waals surface area contributed by atoms with E-state index in [9.17, 15) is 13.6 Å². The van der Waals surface area contributed by atoms with E-state index in [0.29, 0.717) is 5.56 Å². The van der Waals surface area contributed by atoms with Crippen LogP contribution in [0.15, 0.2) is 46.9 Å². The monoisotopic (exact) mass is 355 g/mol. The minimum absolute atomic E-state index is 0.252. The number of carbonyl (C=O) groups is 1. The fraction of sp³-hybridized carbons (Fsp3) is 0.133. The predicted molar refractivity (Wildman–Crippen MR) is 78.9 cm³/mol. The van der Waals surface area contributed by atoms with Crippen molar-refractivity contribution < 1.29 is 18.3 Å². The Kier molecular flexibility index (Phi) is 5.03. The van der Waals surface area contributed by atoms with Gasteiger partial charge in [0.25, 0.3) is 5.91 Å². The molecule has 0 saturated heterocycles. The van der Waals surface area contributed by atoms with Gasteiger partial charge in [0, 0.05) is 11.6 Å². The predicted octanol–water partition coefficient (Wildman–Crippen LogP) is 4.05. The van der Waals surface area contributed by atoms with Crippen molar-refractivity contribution in [1.29, 1.82) is 0 Å². The molecule has 2 aromatic carbocycles. The fourth-order valence-corrected chi connectivity index (χ4v) is 2.27. The van der Waals surface area contributed by atoms with Crippen LogP contribution in [0.25, 0.3) is 0 Å². The van der Waals surface area contributed by atoms with E-state index in [4.69, 9.17) is 4.74 Å². The molecule has 0 spiro atoms. The molecule has 6 heteroatoms. The van der Waals surface area contributed by atoms with Gasteiger partial charge in [0.1, 0.15) is 5.69 Å². The molecule has 0 aliphatic rings. The zero-order valence-electron chi connectivity index (χ0n) is 11.1. The van der Waals surface area contributed by atoms with E-state index in [-0.39, 0.29) is 4.47 Å². The molecule has 2 rings (SSSR count). The maximum Gasteiger partial charge on any atom is 0.258 e. The third kappa shape index (κ3) is 3.65. The smallest absolute Gasteiger partial charge is 0.258 e. The molecule has 0 fully saturated rings. The Balaban J connectivity index is 2.25. The first kappa shape index (κ1) is 15.6. The SMILES string of the molecule is COC(C(=O)Nc1c(F)cc(Br)cc1F)c1ccccc1. The first-order valence-corrected chi connectivity index (χ1v) is 6.85. The van der Waals surface area contributed by atoms with Crippen LogP contribution in [0.1, 0.15) is 11.7 Å². The molecular formula is C15H12BrF2NO2. The number of rotatable bonds is 4. The van der Waals surface area contributed by atoms with Crippen molar-refractivity contribution in [2.75, 3.05) is 12.4 Å². The molecule has 0 saturated carbocycles. The maximum atomic E-state index is 13.7. The molecule has 0 aliphatic carbocycles. The molecule has 0 heterocycles. The molecule has 1 N–H and O–H groups in total. The van der Waals surface area contributed by atoms with Crippen LogP contribution < -0.4 is 5.32 Å². The van der Waals surface area contributed by atoms with Crippen LogP contribution in [0.4, 0.5) is 14.5 Å². The van der Waals surface area contributed by atoms with Crippen molar-refractivity contribution in [1.82, 2.24) is 0 Å². The van der Waals surface area contributed by atoms with Gasteiger partial charge in [-0.15, -0.1) is 0 Å². The summed E-state index contributed by atoms with van der Waals surface area (Å²) >= 11 is 2.98. The van der Waals surface area contributed by atoms with Crippen LogP contribution in [-0.4, -0.2) is 13.0 Å². The van der Waals surface area contributed by atoms with Gasteiger partial charge in [-0.25, -0.2) is 8.78 Å². The quantitative estimate of drug-likeness (QED) is 0.898. The first-order chi connectivity index (χ1) is 10.0. The zero-order chi connectivity index (χ0) is 15.4. The number of hydrogen-bond donors (Lipinski definition) is 1. The van der Waals surface area contributed by atoms with Crippen LogP contribution in [-0.2, 0) is 9.53 Å². The Hall–Kier alpha value is -1.79. The van der Waals surface area contributed by atoms with Crippen LogP contribution in [0.2, 0.25) is 0 Å². The Morgan fingerprint density at radius 1 is 1.19 bits per heavy atom. The Labute approximate surface area is 129 Å². The molecule has 21 heavy (non-hydrogen) atoms. The van der Waals surface area contributed by atoms with Gasteiger partial charge >= 0.3 is 0 Å². The van der Waals surface area contributed by atoms with Gasteiger partial charge in [0.2, 0.25) is 0 Å². The summed E-state index contributed by atoms with van der Waals surface area (Å²) in [7, 11) is 1.35. The van der Waals surface area contributed by atoms with Gasteiger partial charge < -0.3 is 10.1 Å². The highest BCUT2D eigenvalue weighted by Gasteiger charge is 2.22. The molecule has 0 aromatic heterocycles. The molecule has 110 valence electrons. The average molecular weight is 356 g/mol. The summed E-state index contributed by atoms with van der Waals surface area (Å²) in [4.78, 5) is 12.2. The molecule has 1 atom stereocenters. The number of halogens is 3. The van der Waals surface area contributed by atoms with Crippen molar-refractivity contribution in [3.63, 3.8) is 0 Å². The summed E-state index contributed by atoms with van der Waals surface area (Å²) in [6, 6.07) is 10.8. The Morgan fingerprint density at radius 2 is 1.76 bits per heavy atom. The number of methoxy groups -OCH3 is 1. The van der Waals surface area contributed by atoms with E-state index in [0.717, 1.165) is 12.1 Å². The molecule has 2 aromatic rings. The van der Waals surface area contributed by atoms with E-state index in [1.165, 1.54) is 7.11 Å². The second kappa shape index (κ2) is 6.78. The Morgan fingerprint density at radius 3 is 2.29 bits per heavy atom. The summed E-state index contributed by atoms with van der Waals surface area (Å²) < 4.78 is 32.8. The number of benzene rings is 2. The molecule has 0 aliphatic heterocycles. The number of hydrogen-bond acceptors (Lipinski definition) is 2. The van der Waals surface area contributed by atoms with Crippen LogP contribution in [0.5, 0.6) is 0 Å². The third-order valence-corrected chi connectivity index (χ3v) is 3.29. The van der Waals surface area contributed by atoms with E-state index in [1.807, 2.05) is 0 Å².